The zero-order valence-corrected chi connectivity index (χ0v) is 18.9. The van der Waals surface area contributed by atoms with Gasteiger partial charge in [0, 0.05) is 30.3 Å². The first-order chi connectivity index (χ1) is 16.8. The van der Waals surface area contributed by atoms with Crippen LogP contribution in [-0.4, -0.2) is 27.8 Å². The number of rotatable bonds is 6. The monoisotopic (exact) mass is 482 g/mol. The largest absolute Gasteiger partial charge is 0.416 e. The molecule has 0 spiro atoms. The van der Waals surface area contributed by atoms with E-state index in [1.54, 1.807) is 24.3 Å². The zero-order valence-electron chi connectivity index (χ0n) is 18.9. The number of nitrogens with one attached hydrogen (secondary N) is 1. The number of carbonyl (C=O) groups is 2. The van der Waals surface area contributed by atoms with Crippen LogP contribution in [0.2, 0.25) is 0 Å². The van der Waals surface area contributed by atoms with E-state index in [0.717, 1.165) is 49.1 Å². The molecule has 2 amide bonds. The van der Waals surface area contributed by atoms with Gasteiger partial charge in [0.1, 0.15) is 11.7 Å². The average molecular weight is 483 g/mol. The Morgan fingerprint density at radius 3 is 2.34 bits per heavy atom. The number of hydrogen-bond acceptors (Lipinski definition) is 4. The number of halogens is 3. The second kappa shape index (κ2) is 10.7. The molecule has 2 heterocycles. The maximum atomic E-state index is 13.7. The Morgan fingerprint density at radius 2 is 1.69 bits per heavy atom. The second-order valence-electron chi connectivity index (χ2n) is 8.46. The summed E-state index contributed by atoms with van der Waals surface area (Å²) in [5.74, 6) is -1.16. The number of benzene rings is 1. The van der Waals surface area contributed by atoms with E-state index >= 15 is 0 Å². The Labute approximate surface area is 201 Å². The lowest BCUT2D eigenvalue weighted by atomic mass is 9.94. The van der Waals surface area contributed by atoms with Crippen LogP contribution in [0.4, 0.5) is 18.9 Å². The molecule has 1 aliphatic rings. The third kappa shape index (κ3) is 5.85. The Bertz CT molecular complexity index is 1150. The number of amides is 2. The van der Waals surface area contributed by atoms with Gasteiger partial charge in [-0.05, 0) is 60.9 Å². The van der Waals surface area contributed by atoms with E-state index < -0.39 is 29.6 Å². The zero-order chi connectivity index (χ0) is 24.8. The number of alkyl halides is 3. The number of nitrogens with zero attached hydrogens (tertiary/aromatic N) is 3. The van der Waals surface area contributed by atoms with E-state index in [4.69, 9.17) is 0 Å². The first-order valence-electron chi connectivity index (χ1n) is 11.5. The molecule has 0 saturated heterocycles. The molecule has 0 radical (unpaired) electrons. The molecule has 35 heavy (non-hydrogen) atoms. The van der Waals surface area contributed by atoms with Gasteiger partial charge in [-0.1, -0.05) is 31.4 Å². The Balaban J connectivity index is 1.82. The van der Waals surface area contributed by atoms with Gasteiger partial charge >= 0.3 is 6.18 Å². The standard InChI is InChI=1S/C26H25F3N4O2/c27-26(28,29)19-7-6-10-21(17-19)33(25(35)22-11-4-5-14-31-22)23(18-12-15-30-16-13-18)24(34)32-20-8-2-1-3-9-20/h4-7,10-17,20,23H,1-3,8-9H2,(H,32,34). The molecule has 1 aromatic carbocycles. The van der Waals surface area contributed by atoms with Crippen molar-refractivity contribution in [2.24, 2.45) is 0 Å². The van der Waals surface area contributed by atoms with Gasteiger partial charge in [-0.25, -0.2) is 0 Å². The summed E-state index contributed by atoms with van der Waals surface area (Å²) in [7, 11) is 0. The maximum absolute atomic E-state index is 13.7. The number of pyridine rings is 2. The lowest BCUT2D eigenvalue weighted by Gasteiger charge is -2.33. The van der Waals surface area contributed by atoms with Gasteiger partial charge in [0.15, 0.2) is 0 Å². The molecule has 6 nitrogen and oxygen atoms in total. The average Bonchev–Trinajstić information content (AvgIpc) is 2.88. The van der Waals surface area contributed by atoms with Crippen molar-refractivity contribution in [2.45, 2.75) is 50.4 Å². The molecule has 1 aliphatic carbocycles. The van der Waals surface area contributed by atoms with Crippen molar-refractivity contribution >= 4 is 17.5 Å². The van der Waals surface area contributed by atoms with Gasteiger partial charge in [-0.3, -0.25) is 24.5 Å². The first-order valence-corrected chi connectivity index (χ1v) is 11.5. The van der Waals surface area contributed by atoms with Crippen LogP contribution in [0.1, 0.15) is 59.8 Å². The molecular formula is C26H25F3N4O2. The van der Waals surface area contributed by atoms with Crippen molar-refractivity contribution in [1.29, 1.82) is 0 Å². The minimum Gasteiger partial charge on any atom is -0.351 e. The van der Waals surface area contributed by atoms with Crippen LogP contribution in [0.15, 0.2) is 73.2 Å². The topological polar surface area (TPSA) is 75.2 Å². The van der Waals surface area contributed by atoms with Crippen molar-refractivity contribution in [3.63, 3.8) is 0 Å². The summed E-state index contributed by atoms with van der Waals surface area (Å²) in [4.78, 5) is 36.5. The molecule has 182 valence electrons. The number of aromatic nitrogens is 2. The highest BCUT2D eigenvalue weighted by atomic mass is 19.4. The first kappa shape index (κ1) is 24.4. The normalized spacial score (nSPS) is 15.3. The summed E-state index contributed by atoms with van der Waals surface area (Å²) >= 11 is 0. The minimum atomic E-state index is -4.62. The predicted molar refractivity (Wildman–Crippen MR) is 124 cm³/mol. The quantitative estimate of drug-likeness (QED) is 0.515. The summed E-state index contributed by atoms with van der Waals surface area (Å²) in [5.41, 5.74) is -0.546. The van der Waals surface area contributed by atoms with Crippen molar-refractivity contribution in [2.75, 3.05) is 4.90 Å². The summed E-state index contributed by atoms with van der Waals surface area (Å²) < 4.78 is 40.6. The third-order valence-corrected chi connectivity index (χ3v) is 6.03. The Morgan fingerprint density at radius 1 is 0.943 bits per heavy atom. The van der Waals surface area contributed by atoms with E-state index in [2.05, 4.69) is 15.3 Å². The molecule has 4 rings (SSSR count). The van der Waals surface area contributed by atoms with Crippen LogP contribution in [0.3, 0.4) is 0 Å². The smallest absolute Gasteiger partial charge is 0.351 e. The van der Waals surface area contributed by atoms with Gasteiger partial charge in [0.25, 0.3) is 5.91 Å². The summed E-state index contributed by atoms with van der Waals surface area (Å²) in [6, 6.07) is 11.0. The Kier molecular flexibility index (Phi) is 7.43. The van der Waals surface area contributed by atoms with Gasteiger partial charge in [0.05, 0.1) is 5.56 Å². The summed E-state index contributed by atoms with van der Waals surface area (Å²) in [6.07, 6.45) is 4.43. The highest BCUT2D eigenvalue weighted by molar-refractivity contribution is 6.09. The highest BCUT2D eigenvalue weighted by Gasteiger charge is 2.37. The fraction of sp³-hybridized carbons (Fsp3) is 0.308. The van der Waals surface area contributed by atoms with E-state index in [1.165, 1.54) is 36.8 Å². The lowest BCUT2D eigenvalue weighted by Crippen LogP contribution is -2.47. The van der Waals surface area contributed by atoms with Crippen molar-refractivity contribution < 1.29 is 22.8 Å². The third-order valence-electron chi connectivity index (χ3n) is 6.03. The number of hydrogen-bond donors (Lipinski definition) is 1. The van der Waals surface area contributed by atoms with Crippen LogP contribution in [0.5, 0.6) is 0 Å². The van der Waals surface area contributed by atoms with Crippen LogP contribution in [0.25, 0.3) is 0 Å². The van der Waals surface area contributed by atoms with Crippen LogP contribution >= 0.6 is 0 Å². The van der Waals surface area contributed by atoms with Gasteiger partial charge < -0.3 is 5.32 Å². The fourth-order valence-corrected chi connectivity index (χ4v) is 4.32. The summed E-state index contributed by atoms with van der Waals surface area (Å²) in [6.45, 7) is 0. The molecular weight excluding hydrogens is 457 g/mol. The molecule has 1 fully saturated rings. The molecule has 0 aliphatic heterocycles. The van der Waals surface area contributed by atoms with Crippen molar-refractivity contribution in [3.8, 4) is 0 Å². The summed E-state index contributed by atoms with van der Waals surface area (Å²) in [5, 5.41) is 3.02. The predicted octanol–water partition coefficient (Wildman–Crippen LogP) is 5.33. The lowest BCUT2D eigenvalue weighted by molar-refractivity contribution is -0.137. The van der Waals surface area contributed by atoms with Gasteiger partial charge in [0.2, 0.25) is 5.91 Å². The number of carbonyl (C=O) groups excluding carboxylic acids is 2. The van der Waals surface area contributed by atoms with E-state index in [0.29, 0.717) is 5.56 Å². The van der Waals surface area contributed by atoms with E-state index in [1.807, 2.05) is 0 Å². The van der Waals surface area contributed by atoms with Crippen LogP contribution in [0, 0.1) is 0 Å². The fourth-order valence-electron chi connectivity index (χ4n) is 4.32. The van der Waals surface area contributed by atoms with Crippen molar-refractivity contribution in [1.82, 2.24) is 15.3 Å². The molecule has 1 atom stereocenters. The molecule has 0 bridgehead atoms. The molecule has 9 heteroatoms. The Hall–Kier alpha value is -3.75. The number of anilines is 1. The SMILES string of the molecule is O=C(NC1CCCCC1)C(c1ccncc1)N(C(=O)c1ccccn1)c1cccc(C(F)(F)F)c1. The minimum absolute atomic E-state index is 0.00874. The maximum Gasteiger partial charge on any atom is 0.416 e. The van der Waals surface area contributed by atoms with Crippen LogP contribution in [-0.2, 0) is 11.0 Å². The highest BCUT2D eigenvalue weighted by Crippen LogP contribution is 2.35. The van der Waals surface area contributed by atoms with Crippen molar-refractivity contribution in [3.05, 3.63) is 90.0 Å². The van der Waals surface area contributed by atoms with E-state index in [-0.39, 0.29) is 17.4 Å². The second-order valence-corrected chi connectivity index (χ2v) is 8.46. The van der Waals surface area contributed by atoms with E-state index in [9.17, 15) is 22.8 Å². The molecule has 1 unspecified atom stereocenters. The molecule has 3 aromatic rings. The molecule has 2 aromatic heterocycles. The van der Waals surface area contributed by atoms with Crippen LogP contribution < -0.4 is 10.2 Å². The van der Waals surface area contributed by atoms with Gasteiger partial charge in [-0.2, -0.15) is 13.2 Å². The molecule has 1 saturated carbocycles. The van der Waals surface area contributed by atoms with Gasteiger partial charge in [-0.15, -0.1) is 0 Å². The molecule has 1 N–H and O–H groups in total.